The van der Waals surface area contributed by atoms with Crippen LogP contribution in [0.3, 0.4) is 0 Å². The molecule has 4 nitrogen and oxygen atoms in total. The van der Waals surface area contributed by atoms with Crippen LogP contribution in [-0.2, 0) is 7.05 Å². The van der Waals surface area contributed by atoms with E-state index in [2.05, 4.69) is 21.4 Å². The number of amides is 1. The first kappa shape index (κ1) is 10.2. The molecule has 3 N–H and O–H groups in total. The third-order valence-electron chi connectivity index (χ3n) is 2.37. The van der Waals surface area contributed by atoms with E-state index >= 15 is 0 Å². The Morgan fingerprint density at radius 3 is 2.87 bits per heavy atom. The number of aryl methyl sites for hydroxylation is 1. The molecule has 1 aromatic carbocycles. The molecule has 15 heavy (non-hydrogen) atoms. The number of nitrogens with one attached hydrogen (secondary N) is 1. The van der Waals surface area contributed by atoms with Crippen molar-refractivity contribution in [1.82, 2.24) is 9.99 Å². The number of hydrogen-bond donors (Lipinski definition) is 2. The number of halogens is 1. The predicted molar refractivity (Wildman–Crippen MR) is 62.3 cm³/mol. The standard InChI is InChI=1S/C10H10BrN3O/c1-14-8-3-2-7(11)4-6(8)5-9(14)10(15)13-12/h2-5H,12H2,1H3,(H,13,15). The summed E-state index contributed by atoms with van der Waals surface area (Å²) in [7, 11) is 1.83. The molecule has 0 spiro atoms. The van der Waals surface area contributed by atoms with E-state index in [0.29, 0.717) is 5.69 Å². The van der Waals surface area contributed by atoms with Crippen LogP contribution < -0.4 is 11.3 Å². The van der Waals surface area contributed by atoms with Gasteiger partial charge in [-0.1, -0.05) is 15.9 Å². The third kappa shape index (κ3) is 1.64. The Morgan fingerprint density at radius 2 is 2.20 bits per heavy atom. The minimum Gasteiger partial charge on any atom is -0.340 e. The van der Waals surface area contributed by atoms with E-state index < -0.39 is 0 Å². The zero-order valence-corrected chi connectivity index (χ0v) is 9.71. The average molecular weight is 268 g/mol. The lowest BCUT2D eigenvalue weighted by molar-refractivity contribution is 0.0946. The van der Waals surface area contributed by atoms with E-state index in [4.69, 9.17) is 5.84 Å². The van der Waals surface area contributed by atoms with Crippen LogP contribution in [0.15, 0.2) is 28.7 Å². The van der Waals surface area contributed by atoms with Crippen LogP contribution in [-0.4, -0.2) is 10.5 Å². The Hall–Kier alpha value is -1.33. The molecule has 0 aliphatic rings. The molecule has 1 aromatic heterocycles. The van der Waals surface area contributed by atoms with E-state index in [9.17, 15) is 4.79 Å². The Balaban J connectivity index is 2.69. The number of nitrogens with zero attached hydrogens (tertiary/aromatic N) is 1. The van der Waals surface area contributed by atoms with Crippen LogP contribution in [0.1, 0.15) is 10.5 Å². The van der Waals surface area contributed by atoms with Gasteiger partial charge in [0.2, 0.25) is 0 Å². The number of benzene rings is 1. The van der Waals surface area contributed by atoms with Crippen LogP contribution >= 0.6 is 15.9 Å². The van der Waals surface area contributed by atoms with Gasteiger partial charge in [-0.25, -0.2) is 5.84 Å². The van der Waals surface area contributed by atoms with Crippen molar-refractivity contribution >= 4 is 32.7 Å². The van der Waals surface area contributed by atoms with Gasteiger partial charge in [0.05, 0.1) is 0 Å². The largest absolute Gasteiger partial charge is 0.340 e. The Labute approximate surface area is 95.2 Å². The maximum atomic E-state index is 11.4. The summed E-state index contributed by atoms with van der Waals surface area (Å²) in [6, 6.07) is 7.66. The van der Waals surface area contributed by atoms with E-state index in [0.717, 1.165) is 15.4 Å². The fourth-order valence-electron chi connectivity index (χ4n) is 1.61. The van der Waals surface area contributed by atoms with Crippen molar-refractivity contribution in [3.8, 4) is 0 Å². The van der Waals surface area contributed by atoms with E-state index in [1.54, 1.807) is 0 Å². The highest BCUT2D eigenvalue weighted by Crippen LogP contribution is 2.22. The molecule has 5 heteroatoms. The number of carbonyl (C=O) groups excluding carboxylic acids is 1. The summed E-state index contributed by atoms with van der Waals surface area (Å²) in [5, 5.41) is 1.01. The molecule has 0 aliphatic heterocycles. The molecular weight excluding hydrogens is 258 g/mol. The van der Waals surface area contributed by atoms with Crippen LogP contribution in [0.2, 0.25) is 0 Å². The smallest absolute Gasteiger partial charge is 0.281 e. The molecule has 0 radical (unpaired) electrons. The van der Waals surface area contributed by atoms with Gasteiger partial charge < -0.3 is 4.57 Å². The van der Waals surface area contributed by atoms with Gasteiger partial charge in [0, 0.05) is 22.4 Å². The van der Waals surface area contributed by atoms with Gasteiger partial charge in [-0.3, -0.25) is 10.2 Å². The number of rotatable bonds is 1. The quantitative estimate of drug-likeness (QED) is 0.468. The van der Waals surface area contributed by atoms with Crippen LogP contribution in [0, 0.1) is 0 Å². The highest BCUT2D eigenvalue weighted by Gasteiger charge is 2.11. The zero-order valence-electron chi connectivity index (χ0n) is 8.12. The van der Waals surface area contributed by atoms with Crippen LogP contribution in [0.25, 0.3) is 10.9 Å². The second kappa shape index (κ2) is 3.67. The van der Waals surface area contributed by atoms with Crippen LogP contribution in [0.5, 0.6) is 0 Å². The maximum absolute atomic E-state index is 11.4. The van der Waals surface area contributed by atoms with Gasteiger partial charge in [-0.05, 0) is 24.3 Å². The normalized spacial score (nSPS) is 10.6. The summed E-state index contributed by atoms with van der Waals surface area (Å²) >= 11 is 3.39. The fraction of sp³-hybridized carbons (Fsp3) is 0.100. The number of nitrogen functional groups attached to an aromatic ring is 1. The Morgan fingerprint density at radius 1 is 1.47 bits per heavy atom. The number of hydrazine groups is 1. The predicted octanol–water partition coefficient (Wildman–Crippen LogP) is 1.54. The number of fused-ring (bicyclic) bond motifs is 1. The molecule has 1 heterocycles. The minimum absolute atomic E-state index is 0.287. The molecule has 1 amide bonds. The lowest BCUT2D eigenvalue weighted by Gasteiger charge is -2.01. The zero-order chi connectivity index (χ0) is 11.0. The first-order chi connectivity index (χ1) is 7.13. The number of aromatic nitrogens is 1. The first-order valence-corrected chi connectivity index (χ1v) is 5.18. The topological polar surface area (TPSA) is 60.0 Å². The first-order valence-electron chi connectivity index (χ1n) is 4.39. The highest BCUT2D eigenvalue weighted by molar-refractivity contribution is 9.10. The molecule has 2 rings (SSSR count). The Kier molecular flexibility index (Phi) is 2.50. The molecular formula is C10H10BrN3O. The van der Waals surface area contributed by atoms with Crippen LogP contribution in [0.4, 0.5) is 0 Å². The molecule has 2 aromatic rings. The van der Waals surface area contributed by atoms with Crippen molar-refractivity contribution in [1.29, 1.82) is 0 Å². The molecule has 78 valence electrons. The Bertz CT molecular complexity index is 533. The van der Waals surface area contributed by atoms with Gasteiger partial charge in [-0.2, -0.15) is 0 Å². The van der Waals surface area contributed by atoms with Crippen molar-refractivity contribution in [2.75, 3.05) is 0 Å². The number of hydrogen-bond acceptors (Lipinski definition) is 2. The van der Waals surface area contributed by atoms with Crippen molar-refractivity contribution in [2.24, 2.45) is 12.9 Å². The van der Waals surface area contributed by atoms with Crippen molar-refractivity contribution in [2.45, 2.75) is 0 Å². The second-order valence-corrected chi connectivity index (χ2v) is 4.18. The van der Waals surface area contributed by atoms with Crippen molar-refractivity contribution in [3.63, 3.8) is 0 Å². The summed E-state index contributed by atoms with van der Waals surface area (Å²) in [5.41, 5.74) is 3.67. The van der Waals surface area contributed by atoms with Crippen molar-refractivity contribution in [3.05, 3.63) is 34.4 Å². The summed E-state index contributed by atoms with van der Waals surface area (Å²) in [6.45, 7) is 0. The summed E-state index contributed by atoms with van der Waals surface area (Å²) in [6.07, 6.45) is 0. The number of nitrogens with two attached hydrogens (primary N) is 1. The SMILES string of the molecule is Cn1c(C(=O)NN)cc2cc(Br)ccc21. The van der Waals surface area contributed by atoms with Gasteiger partial charge in [0.25, 0.3) is 5.91 Å². The second-order valence-electron chi connectivity index (χ2n) is 3.27. The molecule has 0 unspecified atom stereocenters. The maximum Gasteiger partial charge on any atom is 0.281 e. The molecule has 0 bridgehead atoms. The van der Waals surface area contributed by atoms with E-state index in [-0.39, 0.29) is 5.91 Å². The molecule has 0 atom stereocenters. The molecule has 0 saturated carbocycles. The average Bonchev–Trinajstić information content (AvgIpc) is 2.54. The van der Waals surface area contributed by atoms with Gasteiger partial charge in [0.1, 0.15) is 5.69 Å². The summed E-state index contributed by atoms with van der Waals surface area (Å²) in [5.74, 6) is 4.82. The number of carbonyl (C=O) groups is 1. The molecule has 0 saturated heterocycles. The van der Waals surface area contributed by atoms with Gasteiger partial charge in [-0.15, -0.1) is 0 Å². The van der Waals surface area contributed by atoms with Crippen molar-refractivity contribution < 1.29 is 4.79 Å². The van der Waals surface area contributed by atoms with E-state index in [1.807, 2.05) is 35.9 Å². The minimum atomic E-state index is -0.287. The lowest BCUT2D eigenvalue weighted by Crippen LogP contribution is -2.31. The van der Waals surface area contributed by atoms with Gasteiger partial charge in [0.15, 0.2) is 0 Å². The summed E-state index contributed by atoms with van der Waals surface area (Å²) in [4.78, 5) is 11.4. The van der Waals surface area contributed by atoms with E-state index in [1.165, 1.54) is 0 Å². The highest BCUT2D eigenvalue weighted by atomic mass is 79.9. The monoisotopic (exact) mass is 267 g/mol. The lowest BCUT2D eigenvalue weighted by atomic mass is 10.2. The molecule has 0 aliphatic carbocycles. The third-order valence-corrected chi connectivity index (χ3v) is 2.86. The summed E-state index contributed by atoms with van der Waals surface area (Å²) < 4.78 is 2.80. The van der Waals surface area contributed by atoms with Gasteiger partial charge >= 0.3 is 0 Å². The molecule has 0 fully saturated rings. The fourth-order valence-corrected chi connectivity index (χ4v) is 1.99.